The van der Waals surface area contributed by atoms with Crippen LogP contribution in [0.3, 0.4) is 0 Å². The smallest absolute Gasteiger partial charge is 0.179 e. The Balaban J connectivity index is 3.33. The van der Waals surface area contributed by atoms with Gasteiger partial charge in [-0.1, -0.05) is 12.1 Å². The molecule has 0 radical (unpaired) electrons. The van der Waals surface area contributed by atoms with E-state index in [4.69, 9.17) is 11.6 Å². The first-order chi connectivity index (χ1) is 7.79. The molecule has 0 spiro atoms. The standard InChI is InChI=1S/C10H13ClO4S2/c1-16(12,13)9-5-2-3-6-10(9)17(14,15)8-4-7-11/h2-3,5-6H,4,7-8H2,1H3. The minimum atomic E-state index is -3.60. The van der Waals surface area contributed by atoms with Crippen molar-refractivity contribution in [2.45, 2.75) is 16.2 Å². The largest absolute Gasteiger partial charge is 0.224 e. The fourth-order valence-electron chi connectivity index (χ4n) is 1.37. The van der Waals surface area contributed by atoms with Crippen LogP contribution in [0.4, 0.5) is 0 Å². The van der Waals surface area contributed by atoms with Gasteiger partial charge >= 0.3 is 0 Å². The van der Waals surface area contributed by atoms with Crippen molar-refractivity contribution in [1.29, 1.82) is 0 Å². The van der Waals surface area contributed by atoms with Crippen molar-refractivity contribution in [2.75, 3.05) is 17.9 Å². The van der Waals surface area contributed by atoms with Gasteiger partial charge in [-0.25, -0.2) is 16.8 Å². The maximum Gasteiger partial charge on any atom is 0.179 e. The van der Waals surface area contributed by atoms with Crippen LogP contribution in [-0.2, 0) is 19.7 Å². The normalized spacial score (nSPS) is 12.6. The minimum Gasteiger partial charge on any atom is -0.224 e. The molecule has 4 nitrogen and oxygen atoms in total. The lowest BCUT2D eigenvalue weighted by Crippen LogP contribution is -2.12. The molecule has 0 amide bonds. The van der Waals surface area contributed by atoms with Crippen LogP contribution in [0, 0.1) is 0 Å². The highest BCUT2D eigenvalue weighted by molar-refractivity contribution is 7.94. The zero-order valence-electron chi connectivity index (χ0n) is 9.26. The zero-order chi connectivity index (χ0) is 13.1. The zero-order valence-corrected chi connectivity index (χ0v) is 11.6. The Morgan fingerprint density at radius 3 is 2.06 bits per heavy atom. The van der Waals surface area contributed by atoms with Gasteiger partial charge in [-0.3, -0.25) is 0 Å². The molecule has 0 bridgehead atoms. The Morgan fingerprint density at radius 2 is 1.59 bits per heavy atom. The number of hydrogen-bond donors (Lipinski definition) is 0. The first kappa shape index (κ1) is 14.5. The van der Waals surface area contributed by atoms with Gasteiger partial charge in [0, 0.05) is 12.1 Å². The van der Waals surface area contributed by atoms with Gasteiger partial charge in [0.25, 0.3) is 0 Å². The third-order valence-corrected chi connectivity index (χ3v) is 5.53. The van der Waals surface area contributed by atoms with Crippen molar-refractivity contribution in [1.82, 2.24) is 0 Å². The van der Waals surface area contributed by atoms with Crippen molar-refractivity contribution in [2.24, 2.45) is 0 Å². The molecule has 0 heterocycles. The summed E-state index contributed by atoms with van der Waals surface area (Å²) in [5, 5.41) is 0. The second-order valence-corrected chi connectivity index (χ2v) is 8.02. The van der Waals surface area contributed by atoms with Crippen molar-refractivity contribution >= 4 is 31.3 Å². The first-order valence-electron chi connectivity index (χ1n) is 4.87. The maximum atomic E-state index is 11.9. The highest BCUT2D eigenvalue weighted by atomic mass is 35.5. The Morgan fingerprint density at radius 1 is 1.06 bits per heavy atom. The van der Waals surface area contributed by atoms with E-state index in [0.29, 0.717) is 6.42 Å². The van der Waals surface area contributed by atoms with Crippen LogP contribution >= 0.6 is 11.6 Å². The minimum absolute atomic E-state index is 0.146. The topological polar surface area (TPSA) is 68.3 Å². The number of rotatable bonds is 5. The second-order valence-electron chi connectivity index (χ2n) is 3.58. The molecule has 1 aromatic carbocycles. The highest BCUT2D eigenvalue weighted by Gasteiger charge is 2.22. The van der Waals surface area contributed by atoms with Gasteiger partial charge in [-0.15, -0.1) is 11.6 Å². The van der Waals surface area contributed by atoms with Crippen LogP contribution in [0.1, 0.15) is 6.42 Å². The molecule has 0 aliphatic rings. The molecule has 1 aromatic rings. The fourth-order valence-corrected chi connectivity index (χ4v) is 4.66. The summed E-state index contributed by atoms with van der Waals surface area (Å²) in [6.45, 7) is 0. The quantitative estimate of drug-likeness (QED) is 0.772. The van der Waals surface area contributed by atoms with Crippen LogP contribution in [0.5, 0.6) is 0 Å². The molecule has 96 valence electrons. The van der Waals surface area contributed by atoms with Crippen molar-refractivity contribution < 1.29 is 16.8 Å². The Kier molecular flexibility index (Phi) is 4.57. The van der Waals surface area contributed by atoms with E-state index < -0.39 is 19.7 Å². The van der Waals surface area contributed by atoms with E-state index >= 15 is 0 Å². The van der Waals surface area contributed by atoms with Gasteiger partial charge in [0.15, 0.2) is 19.7 Å². The molecule has 0 saturated heterocycles. The summed E-state index contributed by atoms with van der Waals surface area (Å²) >= 11 is 5.44. The van der Waals surface area contributed by atoms with E-state index in [2.05, 4.69) is 0 Å². The fraction of sp³-hybridized carbons (Fsp3) is 0.400. The number of alkyl halides is 1. The van der Waals surface area contributed by atoms with Gasteiger partial charge in [0.2, 0.25) is 0 Å². The van der Waals surface area contributed by atoms with Crippen molar-refractivity contribution in [3.63, 3.8) is 0 Å². The molecule has 0 aliphatic carbocycles. The summed E-state index contributed by atoms with van der Waals surface area (Å²) < 4.78 is 46.8. The van der Waals surface area contributed by atoms with Crippen LogP contribution < -0.4 is 0 Å². The van der Waals surface area contributed by atoms with Crippen LogP contribution in [0.25, 0.3) is 0 Å². The lowest BCUT2D eigenvalue weighted by atomic mass is 10.4. The van der Waals surface area contributed by atoms with E-state index in [0.717, 1.165) is 6.26 Å². The Bertz CT molecular complexity index is 590. The lowest BCUT2D eigenvalue weighted by Gasteiger charge is -2.08. The summed E-state index contributed by atoms with van der Waals surface area (Å²) in [6.07, 6.45) is 1.28. The molecule has 0 aromatic heterocycles. The number of hydrogen-bond acceptors (Lipinski definition) is 4. The molecular formula is C10H13ClO4S2. The Labute approximate surface area is 106 Å². The van der Waals surface area contributed by atoms with E-state index in [9.17, 15) is 16.8 Å². The molecule has 17 heavy (non-hydrogen) atoms. The molecule has 0 N–H and O–H groups in total. The number of sulfone groups is 2. The predicted octanol–water partition coefficient (Wildman–Crippen LogP) is 1.49. The van der Waals surface area contributed by atoms with Gasteiger partial charge in [0.05, 0.1) is 15.5 Å². The summed E-state index contributed by atoms with van der Waals surface area (Å²) in [5.41, 5.74) is 0. The van der Waals surface area contributed by atoms with Gasteiger partial charge < -0.3 is 0 Å². The van der Waals surface area contributed by atoms with Crippen LogP contribution in [0.15, 0.2) is 34.1 Å². The number of benzene rings is 1. The average molecular weight is 297 g/mol. The molecule has 0 atom stereocenters. The van der Waals surface area contributed by atoms with Gasteiger partial charge in [-0.2, -0.15) is 0 Å². The summed E-state index contributed by atoms with van der Waals surface area (Å²) in [7, 11) is -7.15. The Hall–Kier alpha value is -0.590. The van der Waals surface area contributed by atoms with Crippen LogP contribution in [0.2, 0.25) is 0 Å². The highest BCUT2D eigenvalue weighted by Crippen LogP contribution is 2.22. The third kappa shape index (κ3) is 3.69. The van der Waals surface area contributed by atoms with E-state index in [1.54, 1.807) is 0 Å². The first-order valence-corrected chi connectivity index (χ1v) is 8.94. The molecule has 0 aliphatic heterocycles. The van der Waals surface area contributed by atoms with Crippen molar-refractivity contribution in [3.8, 4) is 0 Å². The summed E-state index contributed by atoms with van der Waals surface area (Å²) in [5.74, 6) is 0.0727. The molecular weight excluding hydrogens is 284 g/mol. The molecule has 0 unspecified atom stereocenters. The monoisotopic (exact) mass is 296 g/mol. The van der Waals surface area contributed by atoms with Gasteiger partial charge in [0.1, 0.15) is 0 Å². The van der Waals surface area contributed by atoms with Gasteiger partial charge in [-0.05, 0) is 18.6 Å². The average Bonchev–Trinajstić information content (AvgIpc) is 2.25. The molecule has 1 rings (SSSR count). The molecule has 7 heteroatoms. The second kappa shape index (κ2) is 5.37. The van der Waals surface area contributed by atoms with E-state index in [1.807, 2.05) is 0 Å². The summed E-state index contributed by atoms with van der Waals surface area (Å²) in [6, 6.07) is 5.60. The third-order valence-electron chi connectivity index (χ3n) is 2.13. The van der Waals surface area contributed by atoms with Crippen molar-refractivity contribution in [3.05, 3.63) is 24.3 Å². The predicted molar refractivity (Wildman–Crippen MR) is 66.9 cm³/mol. The molecule has 0 fully saturated rings. The lowest BCUT2D eigenvalue weighted by molar-refractivity contribution is 0.584. The van der Waals surface area contributed by atoms with E-state index in [-0.39, 0.29) is 21.4 Å². The summed E-state index contributed by atoms with van der Waals surface area (Å²) in [4.78, 5) is -0.304. The maximum absolute atomic E-state index is 11.9. The molecule has 0 saturated carbocycles. The number of halogens is 1. The van der Waals surface area contributed by atoms with E-state index in [1.165, 1.54) is 24.3 Å². The van der Waals surface area contributed by atoms with Crippen LogP contribution in [-0.4, -0.2) is 34.7 Å². The SMILES string of the molecule is CS(=O)(=O)c1ccccc1S(=O)(=O)CCCCl.